The number of carbonyl (C=O) groups is 2. The summed E-state index contributed by atoms with van der Waals surface area (Å²) in [6, 6.07) is 24.5. The molecule has 0 radical (unpaired) electrons. The SMILES string of the molecule is CO[C@@H]1O[C@H](OCc2ccccc2)[C@@H](O)[C@H](OCc2ccccc2)[C@H]1N1C(=O)c2ccccc2C1=O. The molecule has 1 N–H and O–H groups in total. The molecule has 3 aromatic rings. The molecule has 1 fully saturated rings. The highest BCUT2D eigenvalue weighted by Crippen LogP contribution is 2.34. The van der Waals surface area contributed by atoms with E-state index in [1.165, 1.54) is 7.11 Å². The quantitative estimate of drug-likeness (QED) is 0.486. The summed E-state index contributed by atoms with van der Waals surface area (Å²) in [5, 5.41) is 11.3. The van der Waals surface area contributed by atoms with Crippen LogP contribution in [0.25, 0.3) is 0 Å². The van der Waals surface area contributed by atoms with Crippen molar-refractivity contribution in [3.05, 3.63) is 107 Å². The van der Waals surface area contributed by atoms with Gasteiger partial charge >= 0.3 is 0 Å². The summed E-state index contributed by atoms with van der Waals surface area (Å²) in [7, 11) is 1.41. The second-order valence-electron chi connectivity index (χ2n) is 8.67. The fourth-order valence-electron chi connectivity index (χ4n) is 4.60. The summed E-state index contributed by atoms with van der Waals surface area (Å²) in [5.74, 6) is -0.981. The number of hydrogen-bond acceptors (Lipinski definition) is 7. The summed E-state index contributed by atoms with van der Waals surface area (Å²) in [4.78, 5) is 27.7. The van der Waals surface area contributed by atoms with Crippen LogP contribution in [0.2, 0.25) is 0 Å². The van der Waals surface area contributed by atoms with Crippen LogP contribution in [0, 0.1) is 0 Å². The Morgan fingerprint density at radius 2 is 1.25 bits per heavy atom. The minimum atomic E-state index is -1.31. The van der Waals surface area contributed by atoms with Gasteiger partial charge in [0.15, 0.2) is 12.6 Å². The number of rotatable bonds is 8. The molecule has 8 heteroatoms. The summed E-state index contributed by atoms with van der Waals surface area (Å²) in [6.45, 7) is 0.326. The molecule has 3 aromatic carbocycles. The zero-order chi connectivity index (χ0) is 25.1. The molecule has 186 valence electrons. The molecule has 2 aliphatic heterocycles. The smallest absolute Gasteiger partial charge is 0.262 e. The number of ether oxygens (including phenoxy) is 4. The number of benzene rings is 3. The first-order valence-electron chi connectivity index (χ1n) is 11.7. The number of aliphatic hydroxyl groups excluding tert-OH is 1. The molecule has 5 rings (SSSR count). The monoisotopic (exact) mass is 489 g/mol. The Hall–Kier alpha value is -3.40. The second kappa shape index (κ2) is 10.7. The first kappa shape index (κ1) is 24.3. The predicted octanol–water partition coefficient (Wildman–Crippen LogP) is 3.14. The third-order valence-electron chi connectivity index (χ3n) is 6.40. The number of fused-ring (bicyclic) bond motifs is 1. The van der Waals surface area contributed by atoms with Gasteiger partial charge in [0.2, 0.25) is 0 Å². The van der Waals surface area contributed by atoms with Gasteiger partial charge < -0.3 is 24.1 Å². The fraction of sp³-hybridized carbons (Fsp3) is 0.286. The Bertz CT molecular complexity index is 1170. The van der Waals surface area contributed by atoms with Crippen molar-refractivity contribution in [1.82, 2.24) is 4.90 Å². The standard InChI is InChI=1S/C28H27NO7/c1-33-27-22(29-25(31)20-14-8-9-15-21(20)26(29)32)24(34-16-18-10-4-2-5-11-18)23(30)28(36-27)35-17-19-12-6-3-7-13-19/h2-15,22-24,27-28,30H,16-17H2,1H3/t22-,23+,24-,27-,28+/m1/s1. The minimum Gasteiger partial charge on any atom is -0.385 e. The van der Waals surface area contributed by atoms with Crippen LogP contribution in [0.3, 0.4) is 0 Å². The first-order chi connectivity index (χ1) is 17.6. The minimum absolute atomic E-state index is 0.143. The van der Waals surface area contributed by atoms with Gasteiger partial charge in [-0.2, -0.15) is 0 Å². The van der Waals surface area contributed by atoms with Crippen LogP contribution in [0.4, 0.5) is 0 Å². The molecule has 0 unspecified atom stereocenters. The first-order valence-corrected chi connectivity index (χ1v) is 11.7. The third-order valence-corrected chi connectivity index (χ3v) is 6.40. The molecule has 1 saturated heterocycles. The number of carbonyl (C=O) groups excluding carboxylic acids is 2. The maximum atomic E-state index is 13.3. The molecule has 0 bridgehead atoms. The van der Waals surface area contributed by atoms with Gasteiger partial charge in [-0.15, -0.1) is 0 Å². The van der Waals surface area contributed by atoms with Gasteiger partial charge in [-0.05, 0) is 23.3 Å². The van der Waals surface area contributed by atoms with E-state index in [-0.39, 0.29) is 24.3 Å². The van der Waals surface area contributed by atoms with Gasteiger partial charge in [-0.25, -0.2) is 0 Å². The largest absolute Gasteiger partial charge is 0.385 e. The van der Waals surface area contributed by atoms with E-state index in [0.29, 0.717) is 0 Å². The molecule has 8 nitrogen and oxygen atoms in total. The number of methoxy groups -OCH3 is 1. The topological polar surface area (TPSA) is 94.5 Å². The molecule has 2 aliphatic rings. The zero-order valence-electron chi connectivity index (χ0n) is 19.7. The van der Waals surface area contributed by atoms with E-state index in [2.05, 4.69) is 0 Å². The van der Waals surface area contributed by atoms with E-state index < -0.39 is 42.6 Å². The fourth-order valence-corrected chi connectivity index (χ4v) is 4.60. The Kier molecular flexibility index (Phi) is 7.22. The average molecular weight is 490 g/mol. The highest BCUT2D eigenvalue weighted by Gasteiger charge is 2.54. The maximum Gasteiger partial charge on any atom is 0.262 e. The van der Waals surface area contributed by atoms with E-state index in [1.807, 2.05) is 60.7 Å². The molecule has 2 heterocycles. The molecular weight excluding hydrogens is 462 g/mol. The summed E-state index contributed by atoms with van der Waals surface area (Å²) >= 11 is 0. The summed E-state index contributed by atoms with van der Waals surface area (Å²) in [6.07, 6.45) is -4.54. The van der Waals surface area contributed by atoms with Crippen LogP contribution >= 0.6 is 0 Å². The van der Waals surface area contributed by atoms with Crippen LogP contribution in [-0.2, 0) is 32.2 Å². The normalized spacial score (nSPS) is 25.7. The average Bonchev–Trinajstić information content (AvgIpc) is 3.17. The number of imide groups is 1. The van der Waals surface area contributed by atoms with E-state index in [9.17, 15) is 14.7 Å². The van der Waals surface area contributed by atoms with E-state index in [4.69, 9.17) is 18.9 Å². The Labute approximate surface area is 209 Å². The number of nitrogens with zero attached hydrogens (tertiary/aromatic N) is 1. The molecule has 5 atom stereocenters. The predicted molar refractivity (Wildman–Crippen MR) is 129 cm³/mol. The van der Waals surface area contributed by atoms with Crippen molar-refractivity contribution >= 4 is 11.8 Å². The number of amides is 2. The number of aliphatic hydroxyl groups is 1. The van der Waals surface area contributed by atoms with E-state index in [0.717, 1.165) is 16.0 Å². The molecule has 0 spiro atoms. The Morgan fingerprint density at radius 3 is 1.78 bits per heavy atom. The van der Waals surface area contributed by atoms with Crippen molar-refractivity contribution in [1.29, 1.82) is 0 Å². The highest BCUT2D eigenvalue weighted by atomic mass is 16.8. The Morgan fingerprint density at radius 1 is 0.750 bits per heavy atom. The molecule has 0 aliphatic carbocycles. The van der Waals surface area contributed by atoms with E-state index >= 15 is 0 Å². The van der Waals surface area contributed by atoms with Gasteiger partial charge in [-0.1, -0.05) is 72.8 Å². The van der Waals surface area contributed by atoms with Crippen molar-refractivity contribution in [2.24, 2.45) is 0 Å². The van der Waals surface area contributed by atoms with Gasteiger partial charge in [0.25, 0.3) is 11.8 Å². The van der Waals surface area contributed by atoms with Crippen molar-refractivity contribution in [3.63, 3.8) is 0 Å². The van der Waals surface area contributed by atoms with Crippen molar-refractivity contribution in [3.8, 4) is 0 Å². The summed E-state index contributed by atoms with van der Waals surface area (Å²) in [5.41, 5.74) is 2.34. The van der Waals surface area contributed by atoms with Gasteiger partial charge in [0.05, 0.1) is 24.3 Å². The molecule has 0 aromatic heterocycles. The van der Waals surface area contributed by atoms with Crippen molar-refractivity contribution in [2.45, 2.75) is 44.0 Å². The molecule has 0 saturated carbocycles. The van der Waals surface area contributed by atoms with Crippen molar-refractivity contribution < 1.29 is 33.6 Å². The lowest BCUT2D eigenvalue weighted by molar-refractivity contribution is -0.338. The van der Waals surface area contributed by atoms with Crippen LogP contribution in [0.1, 0.15) is 31.8 Å². The lowest BCUT2D eigenvalue weighted by Gasteiger charge is -2.46. The van der Waals surface area contributed by atoms with Crippen LogP contribution in [0.5, 0.6) is 0 Å². The highest BCUT2D eigenvalue weighted by molar-refractivity contribution is 6.21. The van der Waals surface area contributed by atoms with Gasteiger partial charge in [-0.3, -0.25) is 14.5 Å². The second-order valence-corrected chi connectivity index (χ2v) is 8.67. The molecule has 36 heavy (non-hydrogen) atoms. The maximum absolute atomic E-state index is 13.3. The van der Waals surface area contributed by atoms with Gasteiger partial charge in [0, 0.05) is 7.11 Å². The molecule has 2 amide bonds. The van der Waals surface area contributed by atoms with Crippen LogP contribution in [-0.4, -0.2) is 59.8 Å². The lowest BCUT2D eigenvalue weighted by Crippen LogP contribution is -2.66. The lowest BCUT2D eigenvalue weighted by atomic mass is 9.98. The zero-order valence-corrected chi connectivity index (χ0v) is 19.7. The van der Waals surface area contributed by atoms with Gasteiger partial charge in [0.1, 0.15) is 18.2 Å². The molecular formula is C28H27NO7. The number of hydrogen-bond donors (Lipinski definition) is 1. The summed E-state index contributed by atoms with van der Waals surface area (Å²) < 4.78 is 23.6. The third kappa shape index (κ3) is 4.69. The van der Waals surface area contributed by atoms with Crippen LogP contribution in [0.15, 0.2) is 84.9 Å². The van der Waals surface area contributed by atoms with Crippen molar-refractivity contribution in [2.75, 3.05) is 7.11 Å². The van der Waals surface area contributed by atoms with E-state index in [1.54, 1.807) is 24.3 Å². The van der Waals surface area contributed by atoms with Crippen LogP contribution < -0.4 is 0 Å². The Balaban J connectivity index is 1.44.